The third-order valence-electron chi connectivity index (χ3n) is 4.60. The van der Waals surface area contributed by atoms with E-state index in [1.165, 1.54) is 29.0 Å². The first-order chi connectivity index (χ1) is 14.3. The number of nitrogens with one attached hydrogen (secondary N) is 1. The molecule has 0 saturated heterocycles. The van der Waals surface area contributed by atoms with E-state index in [1.807, 2.05) is 19.1 Å². The average molecular weight is 433 g/mol. The lowest BCUT2D eigenvalue weighted by atomic mass is 10.00. The zero-order chi connectivity index (χ0) is 21.7. The number of anilines is 2. The van der Waals surface area contributed by atoms with Crippen molar-refractivity contribution in [1.82, 2.24) is 4.98 Å². The quantitative estimate of drug-likeness (QED) is 0.538. The summed E-state index contributed by atoms with van der Waals surface area (Å²) in [6, 6.07) is 11.5. The van der Waals surface area contributed by atoms with E-state index in [1.54, 1.807) is 12.3 Å². The van der Waals surface area contributed by atoms with Crippen molar-refractivity contribution < 1.29 is 18.0 Å². The van der Waals surface area contributed by atoms with Gasteiger partial charge in [0.2, 0.25) is 5.91 Å². The van der Waals surface area contributed by atoms with Crippen LogP contribution < -0.4 is 11.1 Å². The van der Waals surface area contributed by atoms with E-state index in [0.717, 1.165) is 40.6 Å². The highest BCUT2D eigenvalue weighted by molar-refractivity contribution is 7.18. The van der Waals surface area contributed by atoms with E-state index in [2.05, 4.69) is 16.4 Å². The summed E-state index contributed by atoms with van der Waals surface area (Å²) in [5.41, 5.74) is 9.01. The molecule has 0 bridgehead atoms. The highest BCUT2D eigenvalue weighted by Crippen LogP contribution is 2.32. The summed E-state index contributed by atoms with van der Waals surface area (Å²) in [6.07, 6.45) is 0.475. The summed E-state index contributed by atoms with van der Waals surface area (Å²) in [4.78, 5) is 16.3. The van der Waals surface area contributed by atoms with Crippen LogP contribution in [0.5, 0.6) is 0 Å². The van der Waals surface area contributed by atoms with Crippen LogP contribution in [0.3, 0.4) is 0 Å². The number of thiazole rings is 1. The standard InChI is InChI=1S/C12H11N3OS.C10H11F3/c13-12-14-6-10(17-12)8-1-3-9-7(5-8)2-4-11(16)15-9;1-2-4-8-5-3-6-9(7-8)10(11,12)13/h1,3,5-6H,2,4H2,(H2,13,14)(H,15,16);3,5-7H,2,4H2,1H3. The largest absolute Gasteiger partial charge is 0.416 e. The lowest BCUT2D eigenvalue weighted by Gasteiger charge is -2.17. The summed E-state index contributed by atoms with van der Waals surface area (Å²) < 4.78 is 36.6. The lowest BCUT2D eigenvalue weighted by Crippen LogP contribution is -2.18. The molecule has 4 nitrogen and oxygen atoms in total. The zero-order valence-electron chi connectivity index (χ0n) is 16.4. The fourth-order valence-electron chi connectivity index (χ4n) is 3.15. The number of aryl methyl sites for hydroxylation is 2. The van der Waals surface area contributed by atoms with Gasteiger partial charge in [0.1, 0.15) is 0 Å². The van der Waals surface area contributed by atoms with Crippen LogP contribution >= 0.6 is 11.3 Å². The van der Waals surface area contributed by atoms with Crippen LogP contribution in [0.1, 0.15) is 36.5 Å². The highest BCUT2D eigenvalue weighted by atomic mass is 32.1. The minimum absolute atomic E-state index is 0.0901. The predicted molar refractivity (Wildman–Crippen MR) is 114 cm³/mol. The summed E-state index contributed by atoms with van der Waals surface area (Å²) in [5.74, 6) is 0.0901. The number of nitrogen functional groups attached to an aromatic ring is 1. The third-order valence-corrected chi connectivity index (χ3v) is 5.48. The number of carbonyl (C=O) groups excluding carboxylic acids is 1. The number of nitrogens with zero attached hydrogens (tertiary/aromatic N) is 1. The third kappa shape index (κ3) is 5.60. The Morgan fingerprint density at radius 2 is 1.97 bits per heavy atom. The molecule has 2 aromatic carbocycles. The molecule has 1 aliphatic rings. The van der Waals surface area contributed by atoms with Crippen molar-refractivity contribution in [2.45, 2.75) is 38.8 Å². The van der Waals surface area contributed by atoms with Crippen LogP contribution in [0.15, 0.2) is 48.7 Å². The summed E-state index contributed by atoms with van der Waals surface area (Å²) in [5, 5.41) is 3.44. The SMILES string of the molecule is CCCc1cccc(C(F)(F)F)c1.Nc1ncc(-c2ccc3c(c2)CCC(=O)N3)s1. The molecule has 0 atom stereocenters. The molecule has 4 rings (SSSR count). The smallest absolute Gasteiger partial charge is 0.375 e. The first-order valence-corrected chi connectivity index (χ1v) is 10.4. The van der Waals surface area contributed by atoms with Crippen molar-refractivity contribution >= 4 is 28.1 Å². The van der Waals surface area contributed by atoms with Gasteiger partial charge in [-0.15, -0.1) is 0 Å². The van der Waals surface area contributed by atoms with E-state index in [4.69, 9.17) is 5.73 Å². The Labute approximate surface area is 177 Å². The minimum atomic E-state index is -4.22. The van der Waals surface area contributed by atoms with Gasteiger partial charge in [0, 0.05) is 18.3 Å². The van der Waals surface area contributed by atoms with Crippen LogP contribution in [-0.4, -0.2) is 10.9 Å². The number of amides is 1. The Morgan fingerprint density at radius 3 is 2.63 bits per heavy atom. The second-order valence-electron chi connectivity index (χ2n) is 6.93. The normalized spacial score (nSPS) is 13.1. The maximum absolute atomic E-state index is 12.2. The van der Waals surface area contributed by atoms with Crippen molar-refractivity contribution in [1.29, 1.82) is 0 Å². The monoisotopic (exact) mass is 433 g/mol. The van der Waals surface area contributed by atoms with Gasteiger partial charge < -0.3 is 11.1 Å². The van der Waals surface area contributed by atoms with Gasteiger partial charge in [0.25, 0.3) is 0 Å². The van der Waals surface area contributed by atoms with Crippen molar-refractivity contribution in [3.05, 3.63) is 65.4 Å². The lowest BCUT2D eigenvalue weighted by molar-refractivity contribution is -0.137. The van der Waals surface area contributed by atoms with Crippen LogP contribution in [0.25, 0.3) is 10.4 Å². The summed E-state index contributed by atoms with van der Waals surface area (Å²) >= 11 is 1.47. The molecular weight excluding hydrogens is 411 g/mol. The number of hydrogen-bond acceptors (Lipinski definition) is 4. The van der Waals surface area contributed by atoms with Gasteiger partial charge in [-0.2, -0.15) is 13.2 Å². The van der Waals surface area contributed by atoms with Crippen molar-refractivity contribution in [3.8, 4) is 10.4 Å². The average Bonchev–Trinajstić information content (AvgIpc) is 3.14. The summed E-state index contributed by atoms with van der Waals surface area (Å²) in [6.45, 7) is 1.94. The van der Waals surface area contributed by atoms with Gasteiger partial charge in [-0.25, -0.2) is 4.98 Å². The molecule has 0 saturated carbocycles. The first kappa shape index (κ1) is 21.8. The maximum atomic E-state index is 12.2. The molecule has 0 fully saturated rings. The van der Waals surface area contributed by atoms with Gasteiger partial charge in [-0.05, 0) is 47.7 Å². The van der Waals surface area contributed by atoms with E-state index in [9.17, 15) is 18.0 Å². The number of halogens is 3. The molecular formula is C22H22F3N3OS. The van der Waals surface area contributed by atoms with Gasteiger partial charge in [0.15, 0.2) is 5.13 Å². The first-order valence-electron chi connectivity index (χ1n) is 9.57. The summed E-state index contributed by atoms with van der Waals surface area (Å²) in [7, 11) is 0. The topological polar surface area (TPSA) is 68.0 Å². The second-order valence-corrected chi connectivity index (χ2v) is 7.99. The van der Waals surface area contributed by atoms with Gasteiger partial charge in [-0.1, -0.05) is 48.9 Å². The zero-order valence-corrected chi connectivity index (χ0v) is 17.2. The Bertz CT molecular complexity index is 1030. The Hall–Kier alpha value is -2.87. The maximum Gasteiger partial charge on any atom is 0.416 e. The number of alkyl halides is 3. The predicted octanol–water partition coefficient (Wildman–Crippen LogP) is 5.93. The molecule has 1 aliphatic heterocycles. The number of nitrogens with two attached hydrogens (primary N) is 1. The molecule has 3 N–H and O–H groups in total. The molecule has 30 heavy (non-hydrogen) atoms. The van der Waals surface area contributed by atoms with Crippen LogP contribution in [-0.2, 0) is 23.8 Å². The molecule has 0 radical (unpaired) electrons. The van der Waals surface area contributed by atoms with E-state index < -0.39 is 11.7 Å². The van der Waals surface area contributed by atoms with Crippen LogP contribution in [0.2, 0.25) is 0 Å². The van der Waals surface area contributed by atoms with Crippen LogP contribution in [0, 0.1) is 0 Å². The molecule has 1 amide bonds. The molecule has 1 aromatic heterocycles. The molecule has 0 spiro atoms. The van der Waals surface area contributed by atoms with E-state index in [0.29, 0.717) is 18.0 Å². The number of benzene rings is 2. The molecule has 0 aliphatic carbocycles. The minimum Gasteiger partial charge on any atom is -0.375 e. The molecule has 0 unspecified atom stereocenters. The van der Waals surface area contributed by atoms with Crippen molar-refractivity contribution in [2.24, 2.45) is 0 Å². The molecule has 158 valence electrons. The van der Waals surface area contributed by atoms with E-state index in [-0.39, 0.29) is 5.91 Å². The number of rotatable bonds is 3. The Kier molecular flexibility index (Phi) is 6.77. The van der Waals surface area contributed by atoms with E-state index >= 15 is 0 Å². The number of carbonyl (C=O) groups is 1. The highest BCUT2D eigenvalue weighted by Gasteiger charge is 2.30. The molecule has 8 heteroatoms. The number of fused-ring (bicyclic) bond motifs is 1. The van der Waals surface area contributed by atoms with Crippen LogP contribution in [0.4, 0.5) is 24.0 Å². The van der Waals surface area contributed by atoms with Crippen molar-refractivity contribution in [2.75, 3.05) is 11.1 Å². The fraction of sp³-hybridized carbons (Fsp3) is 0.273. The van der Waals surface area contributed by atoms with Crippen molar-refractivity contribution in [3.63, 3.8) is 0 Å². The molecule has 2 heterocycles. The second kappa shape index (κ2) is 9.30. The number of aromatic nitrogens is 1. The number of hydrogen-bond donors (Lipinski definition) is 2. The Morgan fingerprint density at radius 1 is 1.17 bits per heavy atom. The Balaban J connectivity index is 0.000000178. The van der Waals surface area contributed by atoms with Gasteiger partial charge >= 0.3 is 6.18 Å². The fourth-order valence-corrected chi connectivity index (χ4v) is 3.83. The van der Waals surface area contributed by atoms with Gasteiger partial charge in [0.05, 0.1) is 10.4 Å². The van der Waals surface area contributed by atoms with Gasteiger partial charge in [-0.3, -0.25) is 4.79 Å². The molecule has 3 aromatic rings.